The molecule has 0 aliphatic carbocycles. The Morgan fingerprint density at radius 2 is 1.85 bits per heavy atom. The van der Waals surface area contributed by atoms with Gasteiger partial charge in [-0.1, -0.05) is 22.8 Å². The first kappa shape index (κ1) is 16.7. The molecule has 0 atom stereocenters. The molecule has 3 aromatic rings. The first-order valence-corrected chi connectivity index (χ1v) is 8.84. The lowest BCUT2D eigenvalue weighted by atomic mass is 10.2. The number of anilines is 4. The van der Waals surface area contributed by atoms with Crippen LogP contribution in [0.25, 0.3) is 0 Å². The van der Waals surface area contributed by atoms with E-state index in [0.717, 1.165) is 42.6 Å². The Bertz CT molecular complexity index is 891. The standard InChI is InChI=1S/C18H19ClN6O/c1-13-11-17(23-26-13)21-16-5-6-20-18(22-16)25-9-7-24(8-10-25)15-4-2-3-14(19)12-15/h2-6,11-12H,7-10H2,1H3,(H,20,21,22,23). The minimum absolute atomic E-state index is 0.637. The minimum Gasteiger partial charge on any atom is -0.368 e. The highest BCUT2D eigenvalue weighted by Gasteiger charge is 2.19. The lowest BCUT2D eigenvalue weighted by Gasteiger charge is -2.36. The lowest BCUT2D eigenvalue weighted by Crippen LogP contribution is -2.47. The number of aryl methyl sites for hydroxylation is 1. The number of aromatic nitrogens is 3. The molecular weight excluding hydrogens is 352 g/mol. The number of nitrogens with one attached hydrogen (secondary N) is 1. The van der Waals surface area contributed by atoms with E-state index in [1.165, 1.54) is 0 Å². The normalized spacial score (nSPS) is 14.5. The first-order valence-electron chi connectivity index (χ1n) is 8.46. The Kier molecular flexibility index (Phi) is 4.62. The molecule has 1 aliphatic rings. The van der Waals surface area contributed by atoms with Gasteiger partial charge in [-0.15, -0.1) is 0 Å². The third-order valence-electron chi connectivity index (χ3n) is 4.26. The van der Waals surface area contributed by atoms with E-state index in [1.54, 1.807) is 6.20 Å². The smallest absolute Gasteiger partial charge is 0.227 e. The van der Waals surface area contributed by atoms with Gasteiger partial charge in [0.2, 0.25) is 5.95 Å². The van der Waals surface area contributed by atoms with Crippen LogP contribution >= 0.6 is 11.6 Å². The molecule has 0 spiro atoms. The SMILES string of the molecule is Cc1cc(Nc2ccnc(N3CCN(c4cccc(Cl)c4)CC3)n2)no1. The van der Waals surface area contributed by atoms with Crippen molar-refractivity contribution in [2.24, 2.45) is 0 Å². The van der Waals surface area contributed by atoms with Gasteiger partial charge in [0.1, 0.15) is 11.6 Å². The van der Waals surface area contributed by atoms with Crippen molar-refractivity contribution < 1.29 is 4.52 Å². The van der Waals surface area contributed by atoms with Crippen molar-refractivity contribution in [2.75, 3.05) is 41.3 Å². The highest BCUT2D eigenvalue weighted by atomic mass is 35.5. The largest absolute Gasteiger partial charge is 0.368 e. The lowest BCUT2D eigenvalue weighted by molar-refractivity contribution is 0.400. The second-order valence-corrected chi connectivity index (χ2v) is 6.58. The summed E-state index contributed by atoms with van der Waals surface area (Å²) in [4.78, 5) is 13.5. The third kappa shape index (κ3) is 3.72. The second-order valence-electron chi connectivity index (χ2n) is 6.14. The zero-order valence-electron chi connectivity index (χ0n) is 14.4. The molecule has 1 fully saturated rings. The van der Waals surface area contributed by atoms with Crippen LogP contribution in [-0.2, 0) is 0 Å². The topological polar surface area (TPSA) is 70.3 Å². The highest BCUT2D eigenvalue weighted by Crippen LogP contribution is 2.22. The molecule has 4 rings (SSSR count). The summed E-state index contributed by atoms with van der Waals surface area (Å²) in [5, 5.41) is 7.82. The maximum Gasteiger partial charge on any atom is 0.227 e. The summed E-state index contributed by atoms with van der Waals surface area (Å²) in [5.41, 5.74) is 1.15. The van der Waals surface area contributed by atoms with E-state index >= 15 is 0 Å². The van der Waals surface area contributed by atoms with E-state index in [2.05, 4.69) is 36.3 Å². The molecule has 8 heteroatoms. The average molecular weight is 371 g/mol. The molecule has 0 radical (unpaired) electrons. The fourth-order valence-corrected chi connectivity index (χ4v) is 3.15. The van der Waals surface area contributed by atoms with Crippen LogP contribution in [0.2, 0.25) is 5.02 Å². The summed E-state index contributed by atoms with van der Waals surface area (Å²) in [6.45, 7) is 5.33. The Morgan fingerprint density at radius 3 is 2.58 bits per heavy atom. The van der Waals surface area contributed by atoms with Crippen molar-refractivity contribution in [3.8, 4) is 0 Å². The molecule has 26 heavy (non-hydrogen) atoms. The number of hydrogen-bond acceptors (Lipinski definition) is 7. The van der Waals surface area contributed by atoms with Crippen LogP contribution in [0.5, 0.6) is 0 Å². The van der Waals surface area contributed by atoms with Crippen molar-refractivity contribution in [1.29, 1.82) is 0 Å². The van der Waals surface area contributed by atoms with Crippen LogP contribution in [0.4, 0.5) is 23.3 Å². The molecule has 134 valence electrons. The maximum atomic E-state index is 6.10. The van der Waals surface area contributed by atoms with Gasteiger partial charge in [0.25, 0.3) is 0 Å². The van der Waals surface area contributed by atoms with Gasteiger partial charge in [-0.3, -0.25) is 0 Å². The van der Waals surface area contributed by atoms with E-state index < -0.39 is 0 Å². The zero-order chi connectivity index (χ0) is 17.9. The van der Waals surface area contributed by atoms with Crippen molar-refractivity contribution in [3.05, 3.63) is 53.4 Å². The molecule has 7 nitrogen and oxygen atoms in total. The van der Waals surface area contributed by atoms with E-state index in [0.29, 0.717) is 17.6 Å². The molecule has 0 amide bonds. The number of nitrogens with zero attached hydrogens (tertiary/aromatic N) is 5. The van der Waals surface area contributed by atoms with Crippen LogP contribution < -0.4 is 15.1 Å². The predicted octanol–water partition coefficient (Wildman–Crippen LogP) is 3.50. The van der Waals surface area contributed by atoms with Gasteiger partial charge in [-0.2, -0.15) is 4.98 Å². The zero-order valence-corrected chi connectivity index (χ0v) is 15.1. The quantitative estimate of drug-likeness (QED) is 0.753. The van der Waals surface area contributed by atoms with Gasteiger partial charge in [0.15, 0.2) is 5.82 Å². The summed E-state index contributed by atoms with van der Waals surface area (Å²) in [6, 6.07) is 11.6. The molecule has 3 heterocycles. The Morgan fingerprint density at radius 1 is 1.04 bits per heavy atom. The fourth-order valence-electron chi connectivity index (χ4n) is 2.96. The summed E-state index contributed by atoms with van der Waals surface area (Å²) in [7, 11) is 0. The van der Waals surface area contributed by atoms with Gasteiger partial charge >= 0.3 is 0 Å². The minimum atomic E-state index is 0.637. The average Bonchev–Trinajstić information content (AvgIpc) is 3.07. The Labute approximate surface area is 156 Å². The summed E-state index contributed by atoms with van der Waals surface area (Å²) >= 11 is 6.10. The van der Waals surface area contributed by atoms with Crippen molar-refractivity contribution in [2.45, 2.75) is 6.92 Å². The number of hydrogen-bond donors (Lipinski definition) is 1. The highest BCUT2D eigenvalue weighted by molar-refractivity contribution is 6.30. The van der Waals surface area contributed by atoms with Gasteiger partial charge in [-0.05, 0) is 31.2 Å². The van der Waals surface area contributed by atoms with E-state index in [9.17, 15) is 0 Å². The molecule has 1 saturated heterocycles. The molecule has 0 saturated carbocycles. The molecule has 0 bridgehead atoms. The molecular formula is C18H19ClN6O. The van der Waals surface area contributed by atoms with Crippen LogP contribution in [-0.4, -0.2) is 41.3 Å². The molecule has 1 aromatic carbocycles. The predicted molar refractivity (Wildman–Crippen MR) is 102 cm³/mol. The Balaban J connectivity index is 1.42. The van der Waals surface area contributed by atoms with Gasteiger partial charge in [0, 0.05) is 49.2 Å². The van der Waals surface area contributed by atoms with E-state index in [4.69, 9.17) is 16.1 Å². The van der Waals surface area contributed by atoms with Crippen molar-refractivity contribution >= 4 is 34.9 Å². The van der Waals surface area contributed by atoms with Crippen LogP contribution in [0, 0.1) is 6.92 Å². The number of rotatable bonds is 4. The maximum absolute atomic E-state index is 6.10. The molecule has 1 N–H and O–H groups in total. The van der Waals surface area contributed by atoms with Gasteiger partial charge in [0.05, 0.1) is 0 Å². The Hall–Kier alpha value is -2.80. The summed E-state index contributed by atoms with van der Waals surface area (Å²) in [5.74, 6) is 2.79. The second kappa shape index (κ2) is 7.21. The van der Waals surface area contributed by atoms with Crippen LogP contribution in [0.3, 0.4) is 0 Å². The van der Waals surface area contributed by atoms with Gasteiger partial charge < -0.3 is 19.6 Å². The van der Waals surface area contributed by atoms with E-state index in [1.807, 2.05) is 37.3 Å². The third-order valence-corrected chi connectivity index (χ3v) is 4.50. The summed E-state index contributed by atoms with van der Waals surface area (Å²) < 4.78 is 5.06. The van der Waals surface area contributed by atoms with Crippen LogP contribution in [0.15, 0.2) is 47.1 Å². The number of halogens is 1. The first-order chi connectivity index (χ1) is 12.7. The molecule has 0 unspecified atom stereocenters. The van der Waals surface area contributed by atoms with E-state index in [-0.39, 0.29) is 0 Å². The monoisotopic (exact) mass is 370 g/mol. The number of benzene rings is 1. The van der Waals surface area contributed by atoms with Crippen molar-refractivity contribution in [1.82, 2.24) is 15.1 Å². The van der Waals surface area contributed by atoms with Crippen LogP contribution in [0.1, 0.15) is 5.76 Å². The van der Waals surface area contributed by atoms with Gasteiger partial charge in [-0.25, -0.2) is 4.98 Å². The molecule has 2 aromatic heterocycles. The van der Waals surface area contributed by atoms with Crippen molar-refractivity contribution in [3.63, 3.8) is 0 Å². The number of piperazine rings is 1. The summed E-state index contributed by atoms with van der Waals surface area (Å²) in [6.07, 6.45) is 1.75. The molecule has 1 aliphatic heterocycles. The fraction of sp³-hybridized carbons (Fsp3) is 0.278.